The third-order valence-electron chi connectivity index (χ3n) is 5.51. The molecule has 2 aliphatic heterocycles. The fraction of sp³-hybridized carbons (Fsp3) is 0.381. The van der Waals surface area contributed by atoms with Crippen molar-refractivity contribution in [3.05, 3.63) is 71.8 Å². The molecule has 5 nitrogen and oxygen atoms in total. The molecule has 0 aliphatic carbocycles. The van der Waals surface area contributed by atoms with Crippen LogP contribution in [0.15, 0.2) is 60.7 Å². The molecule has 2 aromatic carbocycles. The van der Waals surface area contributed by atoms with Gasteiger partial charge in [0.25, 0.3) is 0 Å². The lowest BCUT2D eigenvalue weighted by Crippen LogP contribution is -2.69. The number of nitrogens with zero attached hydrogens (tertiary/aromatic N) is 3. The van der Waals surface area contributed by atoms with Gasteiger partial charge in [-0.3, -0.25) is 9.80 Å². The van der Waals surface area contributed by atoms with E-state index in [0.29, 0.717) is 25.2 Å². The number of benzene rings is 2. The summed E-state index contributed by atoms with van der Waals surface area (Å²) in [6, 6.07) is 21.5. The molecular weight excluding hydrogens is 324 g/mol. The van der Waals surface area contributed by atoms with Gasteiger partial charge in [0, 0.05) is 51.4 Å². The quantitative estimate of drug-likeness (QED) is 0.919. The Balaban J connectivity index is 1.50. The van der Waals surface area contributed by atoms with Gasteiger partial charge in [-0.05, 0) is 11.1 Å². The van der Waals surface area contributed by atoms with E-state index >= 15 is 0 Å². The summed E-state index contributed by atoms with van der Waals surface area (Å²) in [5.74, 6) is 0. The molecule has 0 spiro atoms. The first kappa shape index (κ1) is 17.1. The topological polar surface area (TPSA) is 52.8 Å². The molecule has 26 heavy (non-hydrogen) atoms. The summed E-state index contributed by atoms with van der Waals surface area (Å²) in [6.07, 6.45) is 0. The number of piperazine rings is 2. The summed E-state index contributed by atoms with van der Waals surface area (Å²) < 4.78 is 0. The lowest BCUT2D eigenvalue weighted by Gasteiger charge is -2.53. The molecule has 2 amide bonds. The Morgan fingerprint density at radius 3 is 1.81 bits per heavy atom. The zero-order chi connectivity index (χ0) is 17.9. The molecule has 2 heterocycles. The van der Waals surface area contributed by atoms with E-state index in [1.54, 1.807) is 0 Å². The lowest BCUT2D eigenvalue weighted by molar-refractivity contribution is -0.0392. The number of primary amides is 1. The van der Waals surface area contributed by atoms with Crippen molar-refractivity contribution < 1.29 is 4.79 Å². The van der Waals surface area contributed by atoms with Gasteiger partial charge in [0.05, 0.1) is 0 Å². The van der Waals surface area contributed by atoms with Crippen LogP contribution >= 0.6 is 0 Å². The fourth-order valence-corrected chi connectivity index (χ4v) is 4.29. The van der Waals surface area contributed by atoms with Crippen LogP contribution in [0.5, 0.6) is 0 Å². The van der Waals surface area contributed by atoms with E-state index in [2.05, 4.69) is 70.5 Å². The molecule has 5 heteroatoms. The maximum absolute atomic E-state index is 11.7. The van der Waals surface area contributed by atoms with Gasteiger partial charge in [-0.2, -0.15) is 0 Å². The zero-order valence-electron chi connectivity index (χ0n) is 15.0. The number of carbonyl (C=O) groups is 1. The van der Waals surface area contributed by atoms with Crippen LogP contribution in [0.25, 0.3) is 0 Å². The van der Waals surface area contributed by atoms with Crippen LogP contribution in [0.1, 0.15) is 11.1 Å². The predicted octanol–water partition coefficient (Wildman–Crippen LogP) is 2.14. The minimum atomic E-state index is -0.295. The van der Waals surface area contributed by atoms with E-state index in [-0.39, 0.29) is 6.03 Å². The molecule has 0 saturated carbocycles. The Morgan fingerprint density at radius 1 is 0.808 bits per heavy atom. The molecule has 2 bridgehead atoms. The maximum atomic E-state index is 11.7. The molecule has 2 atom stereocenters. The first-order valence-electron chi connectivity index (χ1n) is 9.29. The fourth-order valence-electron chi connectivity index (χ4n) is 4.29. The summed E-state index contributed by atoms with van der Waals surface area (Å²) in [4.78, 5) is 18.6. The van der Waals surface area contributed by atoms with E-state index in [0.717, 1.165) is 26.2 Å². The lowest BCUT2D eigenvalue weighted by atomic mass is 9.98. The number of hydrogen-bond donors (Lipinski definition) is 1. The Labute approximate surface area is 155 Å². The second kappa shape index (κ2) is 7.48. The van der Waals surface area contributed by atoms with Crippen molar-refractivity contribution >= 4 is 6.03 Å². The normalized spacial score (nSPS) is 23.8. The van der Waals surface area contributed by atoms with Crippen molar-refractivity contribution in [2.45, 2.75) is 25.2 Å². The molecule has 2 unspecified atom stereocenters. The largest absolute Gasteiger partial charge is 0.351 e. The van der Waals surface area contributed by atoms with Crippen LogP contribution in [-0.4, -0.2) is 59.0 Å². The molecule has 2 N–H and O–H groups in total. The molecule has 2 fully saturated rings. The van der Waals surface area contributed by atoms with Gasteiger partial charge in [0.1, 0.15) is 0 Å². The van der Waals surface area contributed by atoms with Crippen LogP contribution in [0.3, 0.4) is 0 Å². The van der Waals surface area contributed by atoms with Gasteiger partial charge in [-0.25, -0.2) is 4.79 Å². The van der Waals surface area contributed by atoms with Gasteiger partial charge in [-0.1, -0.05) is 60.7 Å². The van der Waals surface area contributed by atoms with Gasteiger partial charge < -0.3 is 10.6 Å². The Hall–Kier alpha value is -2.37. The number of nitrogens with two attached hydrogens (primary N) is 1. The van der Waals surface area contributed by atoms with Crippen LogP contribution < -0.4 is 5.73 Å². The first-order valence-corrected chi connectivity index (χ1v) is 9.29. The average Bonchev–Trinajstić information content (AvgIpc) is 2.63. The highest BCUT2D eigenvalue weighted by molar-refractivity contribution is 5.72. The van der Waals surface area contributed by atoms with E-state index in [1.165, 1.54) is 11.1 Å². The maximum Gasteiger partial charge on any atom is 0.314 e. The van der Waals surface area contributed by atoms with Crippen molar-refractivity contribution in [1.82, 2.24) is 14.7 Å². The third kappa shape index (κ3) is 3.74. The Kier molecular flexibility index (Phi) is 4.91. The predicted molar refractivity (Wildman–Crippen MR) is 102 cm³/mol. The monoisotopic (exact) mass is 350 g/mol. The molecule has 0 radical (unpaired) electrons. The van der Waals surface area contributed by atoms with Crippen LogP contribution in [0, 0.1) is 0 Å². The molecule has 136 valence electrons. The van der Waals surface area contributed by atoms with Crippen molar-refractivity contribution in [3.63, 3.8) is 0 Å². The summed E-state index contributed by atoms with van der Waals surface area (Å²) in [5.41, 5.74) is 8.25. The van der Waals surface area contributed by atoms with Gasteiger partial charge in [0.15, 0.2) is 0 Å². The minimum Gasteiger partial charge on any atom is -0.351 e. The van der Waals surface area contributed by atoms with E-state index < -0.39 is 0 Å². The van der Waals surface area contributed by atoms with Crippen molar-refractivity contribution in [2.24, 2.45) is 5.73 Å². The second-order valence-electron chi connectivity index (χ2n) is 7.39. The minimum absolute atomic E-state index is 0.295. The summed E-state index contributed by atoms with van der Waals surface area (Å²) in [7, 11) is 0. The van der Waals surface area contributed by atoms with Crippen molar-refractivity contribution in [2.75, 3.05) is 26.2 Å². The molecule has 2 aromatic rings. The second-order valence-corrected chi connectivity index (χ2v) is 7.39. The first-order chi connectivity index (χ1) is 12.7. The third-order valence-corrected chi connectivity index (χ3v) is 5.51. The number of rotatable bonds is 4. The smallest absolute Gasteiger partial charge is 0.314 e. The molecule has 2 aliphatic rings. The Bertz CT molecular complexity index is 720. The summed E-state index contributed by atoms with van der Waals surface area (Å²) in [5, 5.41) is 0. The standard InChI is InChI=1S/C21H26N4O/c22-21(26)24-15-19-13-23(11-17-7-3-1-4-8-17)14-20(16-24)25(19)12-18-9-5-2-6-10-18/h1-10,19-20H,11-16H2,(H2,22,26). The number of hydrogen-bond acceptors (Lipinski definition) is 3. The van der Waals surface area contributed by atoms with E-state index in [1.807, 2.05) is 4.90 Å². The summed E-state index contributed by atoms with van der Waals surface area (Å²) in [6.45, 7) is 5.24. The highest BCUT2D eigenvalue weighted by Crippen LogP contribution is 2.26. The number of fused-ring (bicyclic) bond motifs is 2. The van der Waals surface area contributed by atoms with Crippen LogP contribution in [0.2, 0.25) is 0 Å². The van der Waals surface area contributed by atoms with Crippen molar-refractivity contribution in [3.8, 4) is 0 Å². The number of urea groups is 1. The molecule has 2 saturated heterocycles. The van der Waals surface area contributed by atoms with Crippen LogP contribution in [-0.2, 0) is 13.1 Å². The van der Waals surface area contributed by atoms with Gasteiger partial charge in [0.2, 0.25) is 0 Å². The van der Waals surface area contributed by atoms with Crippen molar-refractivity contribution in [1.29, 1.82) is 0 Å². The van der Waals surface area contributed by atoms with Gasteiger partial charge in [-0.15, -0.1) is 0 Å². The zero-order valence-corrected chi connectivity index (χ0v) is 15.0. The highest BCUT2D eigenvalue weighted by Gasteiger charge is 2.41. The van der Waals surface area contributed by atoms with E-state index in [4.69, 9.17) is 5.73 Å². The molecule has 4 rings (SSSR count). The molecule has 0 aromatic heterocycles. The average molecular weight is 350 g/mol. The summed E-state index contributed by atoms with van der Waals surface area (Å²) >= 11 is 0. The number of amides is 2. The van der Waals surface area contributed by atoms with Crippen LogP contribution in [0.4, 0.5) is 4.79 Å². The SMILES string of the molecule is NC(=O)N1CC2CN(Cc3ccccc3)CC(C1)N2Cc1ccccc1. The number of carbonyl (C=O) groups excluding carboxylic acids is 1. The Morgan fingerprint density at radius 2 is 1.31 bits per heavy atom. The van der Waals surface area contributed by atoms with Gasteiger partial charge >= 0.3 is 6.03 Å². The van der Waals surface area contributed by atoms with E-state index in [9.17, 15) is 4.79 Å². The molecular formula is C21H26N4O. The highest BCUT2D eigenvalue weighted by atomic mass is 16.2.